The average Bonchev–Trinajstić information content (AvgIpc) is 2.12. The summed E-state index contributed by atoms with van der Waals surface area (Å²) in [7, 11) is 0. The van der Waals surface area contributed by atoms with E-state index in [-0.39, 0.29) is 20.4 Å². The Balaban J connectivity index is 0.00000169. The van der Waals surface area contributed by atoms with E-state index in [1.54, 1.807) is 0 Å². The van der Waals surface area contributed by atoms with E-state index >= 15 is 0 Å². The van der Waals surface area contributed by atoms with Gasteiger partial charge in [0.2, 0.25) is 0 Å². The van der Waals surface area contributed by atoms with Crippen LogP contribution in [0.15, 0.2) is 28.9 Å². The molecule has 0 aromatic carbocycles. The van der Waals surface area contributed by atoms with Gasteiger partial charge < -0.3 is 0 Å². The normalized spacial score (nSPS) is 16.0. The van der Waals surface area contributed by atoms with Crippen LogP contribution in [0.3, 0.4) is 0 Å². The molecule has 0 bridgehead atoms. The molecule has 0 atom stereocenters. The van der Waals surface area contributed by atoms with Gasteiger partial charge in [0, 0.05) is 26.6 Å². The maximum Gasteiger partial charge on any atom is 0.0104 e. The molecule has 0 aliphatic carbocycles. The van der Waals surface area contributed by atoms with Gasteiger partial charge in [-0.05, 0) is 11.8 Å². The van der Waals surface area contributed by atoms with Crippen molar-refractivity contribution in [1.82, 2.24) is 0 Å². The van der Waals surface area contributed by atoms with Crippen LogP contribution in [0.2, 0.25) is 0 Å². The predicted molar refractivity (Wildman–Crippen MR) is 58.7 cm³/mol. The van der Waals surface area contributed by atoms with Gasteiger partial charge in [-0.2, -0.15) is 5.92 Å². The van der Waals surface area contributed by atoms with Crippen molar-refractivity contribution in [2.75, 3.05) is 0 Å². The monoisotopic (exact) mass is 363 g/mol. The number of hydrogen-bond donors (Lipinski definition) is 0. The first-order chi connectivity index (χ1) is 5.97. The van der Waals surface area contributed by atoms with Gasteiger partial charge in [-0.25, -0.2) is 12.2 Å². The van der Waals surface area contributed by atoms with Gasteiger partial charge in [-0.1, -0.05) is 27.0 Å². The van der Waals surface area contributed by atoms with E-state index in [0.29, 0.717) is 5.41 Å². The van der Waals surface area contributed by atoms with Crippen molar-refractivity contribution < 1.29 is 20.4 Å². The second-order valence-corrected chi connectivity index (χ2v) is 4.80. The van der Waals surface area contributed by atoms with Crippen LogP contribution in [-0.2, 0) is 20.4 Å². The van der Waals surface area contributed by atoms with Gasteiger partial charge in [0.1, 0.15) is 0 Å². The molecule has 1 aliphatic heterocycles. The molecule has 1 nitrogen and oxygen atoms in total. The average molecular weight is 362 g/mol. The van der Waals surface area contributed by atoms with Gasteiger partial charge in [0.25, 0.3) is 0 Å². The third-order valence-electron chi connectivity index (χ3n) is 1.81. The van der Waals surface area contributed by atoms with Crippen molar-refractivity contribution in [1.29, 1.82) is 0 Å². The molecule has 1 radical (unpaired) electrons. The molecule has 14 heavy (non-hydrogen) atoms. The fourth-order valence-corrected chi connectivity index (χ4v) is 1.29. The topological polar surface area (TPSA) is 12.4 Å². The Morgan fingerprint density at radius 2 is 2.00 bits per heavy atom. The van der Waals surface area contributed by atoms with Crippen molar-refractivity contribution in [2.24, 2.45) is 10.4 Å². The number of aliphatic imine (C=N–C) groups is 1. The van der Waals surface area contributed by atoms with E-state index in [1.165, 1.54) is 11.5 Å². The summed E-state index contributed by atoms with van der Waals surface area (Å²) in [5.41, 5.74) is 1.64. The number of allylic oxidation sites excluding steroid dienone is 3. The smallest absolute Gasteiger partial charge is 0.0104 e. The minimum absolute atomic E-state index is 0. The second kappa shape index (κ2) is 5.54. The van der Waals surface area contributed by atoms with E-state index in [1.807, 2.05) is 12.4 Å². The predicted octanol–water partition coefficient (Wildman–Crippen LogP) is 3.54. The van der Waals surface area contributed by atoms with Gasteiger partial charge in [0.05, 0.1) is 0 Å². The summed E-state index contributed by atoms with van der Waals surface area (Å²) < 4.78 is 0. The Bertz CT molecular complexity index is 256. The van der Waals surface area contributed by atoms with Crippen molar-refractivity contribution in [3.8, 4) is 0 Å². The first kappa shape index (κ1) is 13.7. The molecule has 0 saturated heterocycles. The van der Waals surface area contributed by atoms with E-state index < -0.39 is 0 Å². The fourth-order valence-electron chi connectivity index (χ4n) is 1.29. The van der Waals surface area contributed by atoms with Gasteiger partial charge in [0.15, 0.2) is 0 Å². The molecular weight excluding hydrogens is 344 g/mol. The Labute approximate surface area is 101 Å². The van der Waals surface area contributed by atoms with E-state index in [0.717, 1.165) is 6.42 Å². The molecule has 0 spiro atoms. The van der Waals surface area contributed by atoms with Crippen LogP contribution >= 0.6 is 0 Å². The fraction of sp³-hybridized carbons (Fsp3) is 0.500. The minimum atomic E-state index is 0. The Hall–Kier alpha value is -0.318. The summed E-state index contributed by atoms with van der Waals surface area (Å²) in [6.45, 7) is 8.79. The van der Waals surface area contributed by atoms with Crippen LogP contribution in [-0.4, -0.2) is 6.21 Å². The zero-order chi connectivity index (χ0) is 9.90. The Morgan fingerprint density at radius 1 is 1.36 bits per heavy atom. The zero-order valence-electron chi connectivity index (χ0n) is 9.34. The van der Waals surface area contributed by atoms with Crippen LogP contribution in [0.1, 0.15) is 34.1 Å². The third kappa shape index (κ3) is 5.42. The SMILES string of the molecule is C[C-]1C=CC(CC(C)(C)C)=CN=C1.[Re]. The summed E-state index contributed by atoms with van der Waals surface area (Å²) in [4.78, 5) is 4.23. The maximum atomic E-state index is 4.23. The summed E-state index contributed by atoms with van der Waals surface area (Å²) >= 11 is 0. The van der Waals surface area contributed by atoms with Crippen molar-refractivity contribution >= 4 is 6.21 Å². The Morgan fingerprint density at radius 3 is 2.57 bits per heavy atom. The molecule has 0 saturated carbocycles. The molecule has 1 aliphatic rings. The van der Waals surface area contributed by atoms with Crippen LogP contribution in [0.4, 0.5) is 0 Å². The van der Waals surface area contributed by atoms with E-state index in [4.69, 9.17) is 0 Å². The van der Waals surface area contributed by atoms with Crippen molar-refractivity contribution in [2.45, 2.75) is 34.1 Å². The van der Waals surface area contributed by atoms with Gasteiger partial charge in [-0.3, -0.25) is 4.99 Å². The first-order valence-electron chi connectivity index (χ1n) is 4.71. The first-order valence-corrected chi connectivity index (χ1v) is 4.71. The quantitative estimate of drug-likeness (QED) is 0.633. The molecular formula is C12H18NRe-. The van der Waals surface area contributed by atoms with Crippen LogP contribution in [0.25, 0.3) is 0 Å². The summed E-state index contributed by atoms with van der Waals surface area (Å²) in [5.74, 6) is 1.21. The third-order valence-corrected chi connectivity index (χ3v) is 1.81. The Kier molecular flexibility index (Phi) is 5.41. The van der Waals surface area contributed by atoms with E-state index in [9.17, 15) is 0 Å². The molecule has 0 aromatic rings. The molecule has 0 fully saturated rings. The van der Waals surface area contributed by atoms with Crippen LogP contribution in [0, 0.1) is 11.3 Å². The minimum Gasteiger partial charge on any atom is -0.285 e. The van der Waals surface area contributed by atoms with Crippen LogP contribution in [0.5, 0.6) is 0 Å². The number of hydrogen-bond acceptors (Lipinski definition) is 1. The van der Waals surface area contributed by atoms with Gasteiger partial charge in [-0.15, -0.1) is 12.5 Å². The zero-order valence-corrected chi connectivity index (χ0v) is 12.1. The molecule has 2 heteroatoms. The van der Waals surface area contributed by atoms with Crippen LogP contribution < -0.4 is 0 Å². The standard InChI is InChI=1S/C12H18N.Re/c1-10-5-6-11(9-13-8-10)7-12(2,3)4;/h5-6,8-9H,7H2,1-4H3;/q-1;. The molecule has 0 unspecified atom stereocenters. The second-order valence-electron chi connectivity index (χ2n) is 4.80. The van der Waals surface area contributed by atoms with Crippen molar-refractivity contribution in [3.05, 3.63) is 29.8 Å². The molecule has 79 valence electrons. The van der Waals surface area contributed by atoms with E-state index in [2.05, 4.69) is 44.8 Å². The number of nitrogens with zero attached hydrogens (tertiary/aromatic N) is 1. The molecule has 0 amide bonds. The number of rotatable bonds is 1. The van der Waals surface area contributed by atoms with Crippen molar-refractivity contribution in [3.63, 3.8) is 0 Å². The summed E-state index contributed by atoms with van der Waals surface area (Å²) in [5, 5.41) is 0. The maximum absolute atomic E-state index is 4.23. The molecule has 1 rings (SSSR count). The largest absolute Gasteiger partial charge is 0.285 e. The molecule has 0 aromatic heterocycles. The summed E-state index contributed by atoms with van der Waals surface area (Å²) in [6, 6.07) is 0. The summed E-state index contributed by atoms with van der Waals surface area (Å²) in [6.07, 6.45) is 9.21. The molecule has 1 heterocycles. The molecule has 0 N–H and O–H groups in total. The van der Waals surface area contributed by atoms with Gasteiger partial charge >= 0.3 is 0 Å².